The lowest BCUT2D eigenvalue weighted by Gasteiger charge is -2.22. The predicted molar refractivity (Wildman–Crippen MR) is 141 cm³/mol. The number of carbonyl (C=O) groups excluding carboxylic acids is 1. The van der Waals surface area contributed by atoms with Gasteiger partial charge in [0.05, 0.1) is 15.4 Å². The van der Waals surface area contributed by atoms with E-state index in [1.165, 1.54) is 62.3 Å². The monoisotopic (exact) mass is 555 g/mol. The lowest BCUT2D eigenvalue weighted by Crippen LogP contribution is -2.33. The van der Waals surface area contributed by atoms with Gasteiger partial charge >= 0.3 is 0 Å². The van der Waals surface area contributed by atoms with Crippen molar-refractivity contribution in [1.82, 2.24) is 13.9 Å². The van der Waals surface area contributed by atoms with E-state index in [1.807, 2.05) is 11.2 Å². The van der Waals surface area contributed by atoms with Crippen molar-refractivity contribution in [2.24, 2.45) is 0 Å². The maximum Gasteiger partial charge on any atom is 0.255 e. The third-order valence-corrected chi connectivity index (χ3v) is 9.95. The Morgan fingerprint density at radius 2 is 1.58 bits per heavy atom. The second-order valence-electron chi connectivity index (χ2n) is 8.57. The van der Waals surface area contributed by atoms with E-state index >= 15 is 0 Å². The molecule has 2 aromatic carbocycles. The zero-order valence-corrected chi connectivity index (χ0v) is 23.2. The Morgan fingerprint density at radius 1 is 0.972 bits per heavy atom. The molecule has 198 valence electrons. The van der Waals surface area contributed by atoms with Gasteiger partial charge in [-0.3, -0.25) is 4.79 Å². The predicted octanol–water partition coefficient (Wildman–Crippen LogP) is 3.03. The smallest absolute Gasteiger partial charge is 0.255 e. The molecule has 1 N–H and O–H groups in total. The van der Waals surface area contributed by atoms with Crippen LogP contribution in [0.4, 0.5) is 0 Å². The molecule has 1 aliphatic rings. The summed E-state index contributed by atoms with van der Waals surface area (Å²) in [7, 11) is -4.49. The van der Waals surface area contributed by atoms with Crippen LogP contribution >= 0.6 is 11.8 Å². The topological polar surface area (TPSA) is 113 Å². The van der Waals surface area contributed by atoms with Gasteiger partial charge in [-0.05, 0) is 61.6 Å². The first-order valence-corrected chi connectivity index (χ1v) is 15.8. The number of likely N-dealkylation sites (tertiary alicyclic amines) is 1. The summed E-state index contributed by atoms with van der Waals surface area (Å²) >= 11 is 1.41. The Kier molecular flexibility index (Phi) is 9.81. The SMILES string of the molecule is CSc1ccc(S(=O)(=O)NCCOc2ccc(S(=O)(=O)N(C)C)cc2)cc1C(=O)N1CCCCCC1. The largest absolute Gasteiger partial charge is 0.492 e. The van der Waals surface area contributed by atoms with E-state index in [1.54, 1.807) is 6.07 Å². The van der Waals surface area contributed by atoms with Crippen LogP contribution in [0.2, 0.25) is 0 Å². The minimum absolute atomic E-state index is 0.000233. The normalized spacial score (nSPS) is 15.1. The van der Waals surface area contributed by atoms with E-state index < -0.39 is 20.0 Å². The lowest BCUT2D eigenvalue weighted by molar-refractivity contribution is 0.0758. The maximum atomic E-state index is 13.2. The fourth-order valence-corrected chi connectivity index (χ4v) is 6.32. The molecule has 1 saturated heterocycles. The highest BCUT2D eigenvalue weighted by atomic mass is 32.2. The molecule has 1 aliphatic heterocycles. The summed E-state index contributed by atoms with van der Waals surface area (Å²) in [5.41, 5.74) is 0.399. The molecule has 12 heteroatoms. The molecular formula is C24H33N3O6S3. The number of nitrogens with zero attached hydrogens (tertiary/aromatic N) is 2. The maximum absolute atomic E-state index is 13.2. The quantitative estimate of drug-likeness (QED) is 0.354. The number of rotatable bonds is 10. The van der Waals surface area contributed by atoms with Gasteiger partial charge in [0.15, 0.2) is 0 Å². The third kappa shape index (κ3) is 7.00. The second kappa shape index (κ2) is 12.4. The van der Waals surface area contributed by atoms with E-state index in [9.17, 15) is 21.6 Å². The van der Waals surface area contributed by atoms with Crippen LogP contribution in [-0.4, -0.2) is 78.5 Å². The second-order valence-corrected chi connectivity index (χ2v) is 13.3. The van der Waals surface area contributed by atoms with Gasteiger partial charge in [-0.25, -0.2) is 25.9 Å². The van der Waals surface area contributed by atoms with E-state index in [-0.39, 0.29) is 28.8 Å². The van der Waals surface area contributed by atoms with E-state index in [0.717, 1.165) is 34.9 Å². The lowest BCUT2D eigenvalue weighted by atomic mass is 10.2. The molecule has 0 bridgehead atoms. The van der Waals surface area contributed by atoms with Gasteiger partial charge in [0.2, 0.25) is 20.0 Å². The minimum Gasteiger partial charge on any atom is -0.492 e. The van der Waals surface area contributed by atoms with Crippen molar-refractivity contribution in [2.75, 3.05) is 46.6 Å². The number of amides is 1. The van der Waals surface area contributed by atoms with Crippen molar-refractivity contribution < 1.29 is 26.4 Å². The number of thioether (sulfide) groups is 1. The molecule has 0 aromatic heterocycles. The summed E-state index contributed by atoms with van der Waals surface area (Å²) in [6.45, 7) is 1.41. The van der Waals surface area contributed by atoms with Crippen LogP contribution in [0.1, 0.15) is 36.0 Å². The Hall–Kier alpha value is -2.12. The Bertz CT molecular complexity index is 1250. The number of benzene rings is 2. The zero-order valence-electron chi connectivity index (χ0n) is 20.8. The molecule has 2 aromatic rings. The number of ether oxygens (including phenoxy) is 1. The fourth-order valence-electron chi connectivity index (χ4n) is 3.81. The van der Waals surface area contributed by atoms with Gasteiger partial charge in [0.25, 0.3) is 5.91 Å². The Labute approximate surface area is 218 Å². The first-order chi connectivity index (χ1) is 17.1. The fraction of sp³-hybridized carbons (Fsp3) is 0.458. The molecule has 1 heterocycles. The molecule has 0 spiro atoms. The van der Waals surface area contributed by atoms with Crippen LogP contribution in [0.3, 0.4) is 0 Å². The van der Waals surface area contributed by atoms with Crippen molar-refractivity contribution in [3.05, 3.63) is 48.0 Å². The number of hydrogen-bond donors (Lipinski definition) is 1. The van der Waals surface area contributed by atoms with Gasteiger partial charge in [0, 0.05) is 38.6 Å². The number of carbonyl (C=O) groups is 1. The average Bonchev–Trinajstić information content (AvgIpc) is 3.15. The van der Waals surface area contributed by atoms with Crippen LogP contribution in [0.5, 0.6) is 5.75 Å². The molecular weight excluding hydrogens is 522 g/mol. The summed E-state index contributed by atoms with van der Waals surface area (Å²) in [6.07, 6.45) is 5.96. The number of nitrogens with one attached hydrogen (secondary N) is 1. The van der Waals surface area contributed by atoms with Crippen LogP contribution < -0.4 is 9.46 Å². The minimum atomic E-state index is -3.86. The summed E-state index contributed by atoms with van der Waals surface area (Å²) in [5.74, 6) is 0.280. The molecule has 1 fully saturated rings. The van der Waals surface area contributed by atoms with Crippen molar-refractivity contribution >= 4 is 37.7 Å². The summed E-state index contributed by atoms with van der Waals surface area (Å²) < 4.78 is 59.3. The van der Waals surface area contributed by atoms with Crippen LogP contribution in [0, 0.1) is 0 Å². The van der Waals surface area contributed by atoms with Gasteiger partial charge < -0.3 is 9.64 Å². The highest BCUT2D eigenvalue weighted by Crippen LogP contribution is 2.26. The molecule has 3 rings (SSSR count). The molecule has 1 amide bonds. The molecule has 36 heavy (non-hydrogen) atoms. The number of hydrogen-bond acceptors (Lipinski definition) is 7. The number of sulfonamides is 2. The van der Waals surface area contributed by atoms with Crippen molar-refractivity contribution in [1.29, 1.82) is 0 Å². The Morgan fingerprint density at radius 3 is 2.17 bits per heavy atom. The van der Waals surface area contributed by atoms with E-state index in [4.69, 9.17) is 4.74 Å². The highest BCUT2D eigenvalue weighted by molar-refractivity contribution is 7.98. The zero-order chi connectivity index (χ0) is 26.3. The van der Waals surface area contributed by atoms with Crippen LogP contribution in [0.15, 0.2) is 57.2 Å². The highest BCUT2D eigenvalue weighted by Gasteiger charge is 2.23. The first-order valence-electron chi connectivity index (χ1n) is 11.7. The third-order valence-electron chi connectivity index (χ3n) is 5.87. The van der Waals surface area contributed by atoms with Crippen molar-refractivity contribution in [2.45, 2.75) is 40.4 Å². The average molecular weight is 556 g/mol. The van der Waals surface area contributed by atoms with Crippen LogP contribution in [-0.2, 0) is 20.0 Å². The molecule has 0 aliphatic carbocycles. The van der Waals surface area contributed by atoms with Crippen molar-refractivity contribution in [3.8, 4) is 5.75 Å². The molecule has 0 saturated carbocycles. The molecule has 0 radical (unpaired) electrons. The summed E-state index contributed by atoms with van der Waals surface area (Å²) in [6, 6.07) is 10.5. The van der Waals surface area contributed by atoms with E-state index in [2.05, 4.69) is 4.72 Å². The first kappa shape index (κ1) is 28.5. The van der Waals surface area contributed by atoms with Gasteiger partial charge in [-0.1, -0.05) is 12.8 Å². The van der Waals surface area contributed by atoms with Gasteiger partial charge in [-0.15, -0.1) is 11.8 Å². The van der Waals surface area contributed by atoms with E-state index in [0.29, 0.717) is 24.4 Å². The standard InChI is InChI=1S/C24H33N3O6S3/c1-26(2)36(31,32)20-10-8-19(9-11-20)33-17-14-25-35(29,30)21-12-13-23(34-3)22(18-21)24(28)27-15-6-4-5-7-16-27/h8-13,18,25H,4-7,14-17H2,1-3H3. The van der Waals surface area contributed by atoms with Gasteiger partial charge in [-0.2, -0.15) is 0 Å². The molecule has 0 atom stereocenters. The molecule has 0 unspecified atom stereocenters. The summed E-state index contributed by atoms with van der Waals surface area (Å²) in [4.78, 5) is 15.9. The van der Waals surface area contributed by atoms with Crippen molar-refractivity contribution in [3.63, 3.8) is 0 Å². The molecule has 9 nitrogen and oxygen atoms in total. The Balaban J connectivity index is 1.63. The summed E-state index contributed by atoms with van der Waals surface area (Å²) in [5, 5.41) is 0. The van der Waals surface area contributed by atoms with Crippen LogP contribution in [0.25, 0.3) is 0 Å². The van der Waals surface area contributed by atoms with Gasteiger partial charge in [0.1, 0.15) is 12.4 Å².